The zero-order valence-corrected chi connectivity index (χ0v) is 16.3. The second-order valence-electron chi connectivity index (χ2n) is 6.93. The van der Waals surface area contributed by atoms with Crippen molar-refractivity contribution in [2.24, 2.45) is 4.99 Å². The number of amidine groups is 1. The van der Waals surface area contributed by atoms with Crippen LogP contribution < -0.4 is 4.72 Å². The SMILES string of the molecule is CC1=C(c2ccc(C)c(C)c2)S(=O)(=O)NC1=NCCCN1CCCC1=O. The molecule has 2 heterocycles. The molecule has 26 heavy (non-hydrogen) atoms. The minimum absolute atomic E-state index is 0.201. The van der Waals surface area contributed by atoms with Crippen LogP contribution in [-0.2, 0) is 14.8 Å². The van der Waals surface area contributed by atoms with E-state index in [-0.39, 0.29) is 5.91 Å². The maximum atomic E-state index is 12.6. The van der Waals surface area contributed by atoms with E-state index < -0.39 is 10.0 Å². The first-order valence-electron chi connectivity index (χ1n) is 8.93. The lowest BCUT2D eigenvalue weighted by Gasteiger charge is -2.14. The summed E-state index contributed by atoms with van der Waals surface area (Å²) >= 11 is 0. The number of hydrogen-bond donors (Lipinski definition) is 1. The van der Waals surface area contributed by atoms with Crippen LogP contribution in [0.4, 0.5) is 0 Å². The van der Waals surface area contributed by atoms with Crippen molar-refractivity contribution in [2.75, 3.05) is 19.6 Å². The third-order valence-corrected chi connectivity index (χ3v) is 6.53. The summed E-state index contributed by atoms with van der Waals surface area (Å²) in [6.07, 6.45) is 2.28. The molecule has 0 atom stereocenters. The van der Waals surface area contributed by atoms with Crippen molar-refractivity contribution in [1.29, 1.82) is 0 Å². The van der Waals surface area contributed by atoms with Crippen molar-refractivity contribution in [3.05, 3.63) is 40.5 Å². The molecule has 1 aromatic rings. The number of amides is 1. The molecule has 1 aromatic carbocycles. The third-order valence-electron chi connectivity index (χ3n) is 4.99. The van der Waals surface area contributed by atoms with Gasteiger partial charge in [-0.15, -0.1) is 0 Å². The smallest absolute Gasteiger partial charge is 0.264 e. The first kappa shape index (κ1) is 18.6. The number of benzene rings is 1. The molecule has 3 rings (SSSR count). The Bertz CT molecular complexity index is 901. The summed E-state index contributed by atoms with van der Waals surface area (Å²) in [5, 5.41) is 0. The van der Waals surface area contributed by atoms with Crippen LogP contribution in [0, 0.1) is 13.8 Å². The van der Waals surface area contributed by atoms with Gasteiger partial charge in [-0.25, -0.2) is 8.42 Å². The van der Waals surface area contributed by atoms with E-state index in [9.17, 15) is 13.2 Å². The van der Waals surface area contributed by atoms with Gasteiger partial charge in [-0.2, -0.15) is 0 Å². The summed E-state index contributed by atoms with van der Waals surface area (Å²) in [6, 6.07) is 5.67. The Labute approximate surface area is 155 Å². The topological polar surface area (TPSA) is 78.8 Å². The average Bonchev–Trinajstić information content (AvgIpc) is 3.07. The number of nitrogens with one attached hydrogen (secondary N) is 1. The Morgan fingerprint density at radius 3 is 2.62 bits per heavy atom. The summed E-state index contributed by atoms with van der Waals surface area (Å²) in [6.45, 7) is 7.73. The Hall–Kier alpha value is -2.15. The predicted molar refractivity (Wildman–Crippen MR) is 103 cm³/mol. The highest BCUT2D eigenvalue weighted by molar-refractivity contribution is 8.00. The molecule has 2 aliphatic heterocycles. The van der Waals surface area contributed by atoms with Crippen molar-refractivity contribution in [3.8, 4) is 0 Å². The lowest BCUT2D eigenvalue weighted by Crippen LogP contribution is -2.27. The number of rotatable bonds is 5. The van der Waals surface area contributed by atoms with Gasteiger partial charge >= 0.3 is 0 Å². The fourth-order valence-electron chi connectivity index (χ4n) is 3.36. The van der Waals surface area contributed by atoms with Crippen LogP contribution in [0.1, 0.15) is 42.9 Å². The van der Waals surface area contributed by atoms with Crippen molar-refractivity contribution in [1.82, 2.24) is 9.62 Å². The van der Waals surface area contributed by atoms with Crippen LogP contribution in [0.3, 0.4) is 0 Å². The first-order valence-corrected chi connectivity index (χ1v) is 10.4. The molecule has 1 fully saturated rings. The van der Waals surface area contributed by atoms with Gasteiger partial charge in [-0.3, -0.25) is 14.5 Å². The van der Waals surface area contributed by atoms with Crippen LogP contribution in [0.5, 0.6) is 0 Å². The maximum absolute atomic E-state index is 12.6. The quantitative estimate of drug-likeness (QED) is 0.803. The molecule has 0 bridgehead atoms. The molecular formula is C19H25N3O3S. The fraction of sp³-hybridized carbons (Fsp3) is 0.474. The van der Waals surface area contributed by atoms with Crippen LogP contribution in [0.15, 0.2) is 28.8 Å². The van der Waals surface area contributed by atoms with Gasteiger partial charge < -0.3 is 4.90 Å². The first-order chi connectivity index (χ1) is 12.3. The van der Waals surface area contributed by atoms with E-state index in [4.69, 9.17) is 0 Å². The van der Waals surface area contributed by atoms with Gasteiger partial charge in [-0.1, -0.05) is 18.2 Å². The second-order valence-corrected chi connectivity index (χ2v) is 8.55. The molecule has 0 radical (unpaired) electrons. The minimum atomic E-state index is -3.60. The largest absolute Gasteiger partial charge is 0.343 e. The molecular weight excluding hydrogens is 350 g/mol. The van der Waals surface area contributed by atoms with Gasteiger partial charge in [0.2, 0.25) is 5.91 Å². The van der Waals surface area contributed by atoms with E-state index in [0.29, 0.717) is 41.4 Å². The van der Waals surface area contributed by atoms with Crippen molar-refractivity contribution < 1.29 is 13.2 Å². The third kappa shape index (κ3) is 3.67. The molecule has 7 heteroatoms. The van der Waals surface area contributed by atoms with Gasteiger partial charge in [0, 0.05) is 31.6 Å². The number of carbonyl (C=O) groups is 1. The van der Waals surface area contributed by atoms with E-state index in [0.717, 1.165) is 30.5 Å². The maximum Gasteiger partial charge on any atom is 0.264 e. The Morgan fingerprint density at radius 2 is 1.96 bits per heavy atom. The molecule has 2 aliphatic rings. The summed E-state index contributed by atoms with van der Waals surface area (Å²) in [5.41, 5.74) is 3.51. The van der Waals surface area contributed by atoms with Crippen molar-refractivity contribution in [2.45, 2.75) is 40.0 Å². The Morgan fingerprint density at radius 1 is 1.19 bits per heavy atom. The molecule has 1 saturated heterocycles. The van der Waals surface area contributed by atoms with E-state index in [1.54, 1.807) is 6.92 Å². The van der Waals surface area contributed by atoms with Gasteiger partial charge in [0.05, 0.1) is 0 Å². The highest BCUT2D eigenvalue weighted by atomic mass is 32.2. The zero-order valence-electron chi connectivity index (χ0n) is 15.5. The molecule has 0 spiro atoms. The Kier molecular flexibility index (Phi) is 5.18. The van der Waals surface area contributed by atoms with Crippen LogP contribution >= 0.6 is 0 Å². The summed E-state index contributed by atoms with van der Waals surface area (Å²) in [4.78, 5) is 18.2. The lowest BCUT2D eigenvalue weighted by molar-refractivity contribution is -0.127. The predicted octanol–water partition coefficient (Wildman–Crippen LogP) is 2.38. The number of sulfonamides is 1. The van der Waals surface area contributed by atoms with Crippen molar-refractivity contribution in [3.63, 3.8) is 0 Å². The summed E-state index contributed by atoms with van der Waals surface area (Å²) in [5.74, 6) is 0.610. The number of aliphatic imine (C=N–C) groups is 1. The molecule has 6 nitrogen and oxygen atoms in total. The normalized spacial score (nSPS) is 21.0. The van der Waals surface area contributed by atoms with E-state index in [1.165, 1.54) is 0 Å². The van der Waals surface area contributed by atoms with Crippen LogP contribution in [0.2, 0.25) is 0 Å². The fourth-order valence-corrected chi connectivity index (χ4v) is 4.87. The molecule has 0 aliphatic carbocycles. The van der Waals surface area contributed by atoms with Gasteiger partial charge in [0.1, 0.15) is 10.7 Å². The number of aryl methyl sites for hydroxylation is 2. The van der Waals surface area contributed by atoms with E-state index >= 15 is 0 Å². The second kappa shape index (κ2) is 7.23. The lowest BCUT2D eigenvalue weighted by atomic mass is 10.0. The molecule has 0 unspecified atom stereocenters. The highest BCUT2D eigenvalue weighted by Crippen LogP contribution is 2.30. The molecule has 1 amide bonds. The standard InChI is InChI=1S/C19H25N3O3S/c1-13-7-8-16(12-14(13)2)18-15(3)19(21-26(18,24)25)20-9-5-11-22-10-4-6-17(22)23/h7-8,12H,4-6,9-11H2,1-3H3,(H,20,21). The summed E-state index contributed by atoms with van der Waals surface area (Å²) in [7, 11) is -3.60. The van der Waals surface area contributed by atoms with E-state index in [2.05, 4.69) is 9.71 Å². The average molecular weight is 375 g/mol. The molecule has 1 N–H and O–H groups in total. The molecule has 0 aromatic heterocycles. The molecule has 140 valence electrons. The number of hydrogen-bond acceptors (Lipinski definition) is 4. The van der Waals surface area contributed by atoms with Gasteiger partial charge in [0.15, 0.2) is 0 Å². The van der Waals surface area contributed by atoms with E-state index in [1.807, 2.05) is 36.9 Å². The van der Waals surface area contributed by atoms with Crippen LogP contribution in [-0.4, -0.2) is 44.7 Å². The van der Waals surface area contributed by atoms with Crippen molar-refractivity contribution >= 4 is 26.7 Å². The number of carbonyl (C=O) groups excluding carboxylic acids is 1. The minimum Gasteiger partial charge on any atom is -0.343 e. The monoisotopic (exact) mass is 375 g/mol. The highest BCUT2D eigenvalue weighted by Gasteiger charge is 2.32. The number of likely N-dealkylation sites (tertiary alicyclic amines) is 1. The van der Waals surface area contributed by atoms with Gasteiger partial charge in [-0.05, 0) is 50.3 Å². The Balaban J connectivity index is 1.75. The zero-order chi connectivity index (χ0) is 18.9. The summed E-state index contributed by atoms with van der Waals surface area (Å²) < 4.78 is 27.7. The molecule has 0 saturated carbocycles. The van der Waals surface area contributed by atoms with Crippen LogP contribution in [0.25, 0.3) is 4.91 Å². The van der Waals surface area contributed by atoms with Gasteiger partial charge in [0.25, 0.3) is 10.0 Å². The number of nitrogens with zero attached hydrogens (tertiary/aromatic N) is 2.